The number of hydrogen-bond donors (Lipinski definition) is 3. The molecule has 38 heavy (non-hydrogen) atoms. The number of aromatic nitrogens is 1. The largest absolute Gasteiger partial charge is 0.358 e. The summed E-state index contributed by atoms with van der Waals surface area (Å²) in [7, 11) is 0. The van der Waals surface area contributed by atoms with E-state index in [4.69, 9.17) is 0 Å². The average molecular weight is 515 g/mol. The lowest BCUT2D eigenvalue weighted by Gasteiger charge is -2.27. The first-order valence-electron chi connectivity index (χ1n) is 12.9. The van der Waals surface area contributed by atoms with Crippen LogP contribution in [-0.4, -0.2) is 40.7 Å². The highest BCUT2D eigenvalue weighted by Crippen LogP contribution is 2.35. The van der Waals surface area contributed by atoms with Crippen LogP contribution in [0, 0.1) is 19.7 Å². The molecular weight excluding hydrogens is 483 g/mol. The Morgan fingerprint density at radius 3 is 2.47 bits per heavy atom. The van der Waals surface area contributed by atoms with Crippen LogP contribution in [0.2, 0.25) is 0 Å². The minimum absolute atomic E-state index is 0.0195. The zero-order valence-electron chi connectivity index (χ0n) is 21.8. The number of benzene rings is 2. The lowest BCUT2D eigenvalue weighted by molar-refractivity contribution is -0.110. The summed E-state index contributed by atoms with van der Waals surface area (Å²) >= 11 is 0. The van der Waals surface area contributed by atoms with Gasteiger partial charge < -0.3 is 20.5 Å². The van der Waals surface area contributed by atoms with Crippen LogP contribution in [0.15, 0.2) is 42.5 Å². The van der Waals surface area contributed by atoms with Crippen molar-refractivity contribution in [2.45, 2.75) is 46.1 Å². The maximum absolute atomic E-state index is 13.3. The van der Waals surface area contributed by atoms with E-state index in [1.54, 1.807) is 36.4 Å². The summed E-state index contributed by atoms with van der Waals surface area (Å²) in [6, 6.07) is 10.7. The fourth-order valence-electron chi connectivity index (χ4n) is 5.23. The standard InChI is InChI=1S/C30H31FN4O3/c1-17-26(32-19(3)27(17)30(38)35-13-5-4-6-14-35)16-24-23-15-21(9-12-25(23)34-29(24)37)28(36)33-18(2)20-7-10-22(31)11-8-20/h7-12,15-16,18,32H,4-6,13-14H2,1-3H3,(H,33,36)(H,34,37)/b24-16-/t18-/m0/s1. The summed E-state index contributed by atoms with van der Waals surface area (Å²) in [5, 5.41) is 5.79. The molecule has 0 unspecified atom stereocenters. The van der Waals surface area contributed by atoms with E-state index in [1.165, 1.54) is 12.1 Å². The predicted molar refractivity (Wildman–Crippen MR) is 145 cm³/mol. The second kappa shape index (κ2) is 10.3. The zero-order chi connectivity index (χ0) is 27.0. The molecule has 8 heteroatoms. The van der Waals surface area contributed by atoms with Crippen LogP contribution >= 0.6 is 0 Å². The third-order valence-electron chi connectivity index (χ3n) is 7.40. The molecular formula is C30H31FN4O3. The van der Waals surface area contributed by atoms with E-state index in [0.29, 0.717) is 33.6 Å². The summed E-state index contributed by atoms with van der Waals surface area (Å²) in [6.45, 7) is 7.12. The highest BCUT2D eigenvalue weighted by molar-refractivity contribution is 6.35. The van der Waals surface area contributed by atoms with E-state index in [-0.39, 0.29) is 29.6 Å². The second-order valence-corrected chi connectivity index (χ2v) is 10.0. The van der Waals surface area contributed by atoms with Crippen molar-refractivity contribution < 1.29 is 18.8 Å². The highest BCUT2D eigenvalue weighted by atomic mass is 19.1. The Hall–Kier alpha value is -4.20. The lowest BCUT2D eigenvalue weighted by atomic mass is 10.0. The number of amides is 3. The van der Waals surface area contributed by atoms with E-state index in [2.05, 4.69) is 15.6 Å². The maximum Gasteiger partial charge on any atom is 0.256 e. The maximum atomic E-state index is 13.3. The molecule has 1 fully saturated rings. The second-order valence-electron chi connectivity index (χ2n) is 10.0. The number of aromatic amines is 1. The van der Waals surface area contributed by atoms with Gasteiger partial charge in [0.15, 0.2) is 0 Å². The third-order valence-corrected chi connectivity index (χ3v) is 7.40. The highest BCUT2D eigenvalue weighted by Gasteiger charge is 2.28. The van der Waals surface area contributed by atoms with Crippen LogP contribution in [-0.2, 0) is 4.79 Å². The summed E-state index contributed by atoms with van der Waals surface area (Å²) in [5.74, 6) is -0.888. The van der Waals surface area contributed by atoms with Crippen molar-refractivity contribution in [2.75, 3.05) is 18.4 Å². The molecule has 0 bridgehead atoms. The number of anilines is 1. The van der Waals surface area contributed by atoms with Gasteiger partial charge in [-0.3, -0.25) is 14.4 Å². The number of carbonyl (C=O) groups is 3. The molecule has 2 aliphatic rings. The minimum Gasteiger partial charge on any atom is -0.358 e. The monoisotopic (exact) mass is 514 g/mol. The van der Waals surface area contributed by atoms with Gasteiger partial charge in [0.1, 0.15) is 5.82 Å². The zero-order valence-corrected chi connectivity index (χ0v) is 21.8. The van der Waals surface area contributed by atoms with Crippen molar-refractivity contribution in [2.24, 2.45) is 0 Å². The van der Waals surface area contributed by atoms with Crippen LogP contribution in [0.1, 0.15) is 81.0 Å². The van der Waals surface area contributed by atoms with Crippen LogP contribution in [0.25, 0.3) is 11.6 Å². The number of aryl methyl sites for hydroxylation is 1. The van der Waals surface area contributed by atoms with Crippen LogP contribution in [0.3, 0.4) is 0 Å². The van der Waals surface area contributed by atoms with Gasteiger partial charge in [0.2, 0.25) is 0 Å². The van der Waals surface area contributed by atoms with Gasteiger partial charge in [0.05, 0.1) is 17.2 Å². The first kappa shape index (κ1) is 25.4. The van der Waals surface area contributed by atoms with Crippen LogP contribution in [0.5, 0.6) is 0 Å². The Balaban J connectivity index is 1.41. The summed E-state index contributed by atoms with van der Waals surface area (Å²) in [6.07, 6.45) is 4.92. The van der Waals surface area contributed by atoms with Gasteiger partial charge in [-0.25, -0.2) is 4.39 Å². The van der Waals surface area contributed by atoms with E-state index in [9.17, 15) is 18.8 Å². The topological polar surface area (TPSA) is 94.3 Å². The fraction of sp³-hybridized carbons (Fsp3) is 0.300. The van der Waals surface area contributed by atoms with Gasteiger partial charge in [-0.1, -0.05) is 12.1 Å². The molecule has 1 saturated heterocycles. The smallest absolute Gasteiger partial charge is 0.256 e. The van der Waals surface area contributed by atoms with E-state index >= 15 is 0 Å². The van der Waals surface area contributed by atoms with Crippen molar-refractivity contribution in [1.29, 1.82) is 0 Å². The van der Waals surface area contributed by atoms with Crippen LogP contribution in [0.4, 0.5) is 10.1 Å². The van der Waals surface area contributed by atoms with Crippen molar-refractivity contribution in [3.8, 4) is 0 Å². The number of piperidine rings is 1. The summed E-state index contributed by atoms with van der Waals surface area (Å²) in [4.78, 5) is 44.3. The SMILES string of the molecule is Cc1[nH]c(/C=C2\C(=O)Nc3ccc(C(=O)N[C@@H](C)c4ccc(F)cc4)cc32)c(C)c1C(=O)N1CCCCC1. The molecule has 196 valence electrons. The third kappa shape index (κ3) is 4.86. The van der Waals surface area contributed by atoms with Gasteiger partial charge in [0.25, 0.3) is 17.7 Å². The predicted octanol–water partition coefficient (Wildman–Crippen LogP) is 5.38. The van der Waals surface area contributed by atoms with Gasteiger partial charge in [-0.05, 0) is 87.6 Å². The molecule has 0 radical (unpaired) electrons. The number of carbonyl (C=O) groups excluding carboxylic acids is 3. The van der Waals surface area contributed by atoms with Crippen molar-refractivity contribution in [3.05, 3.63) is 87.5 Å². The molecule has 3 amide bonds. The number of halogens is 1. The molecule has 3 aromatic rings. The average Bonchev–Trinajstić information content (AvgIpc) is 3.38. The number of likely N-dealkylation sites (tertiary alicyclic amines) is 1. The first-order chi connectivity index (χ1) is 18.2. The number of rotatable bonds is 5. The lowest BCUT2D eigenvalue weighted by Crippen LogP contribution is -2.36. The number of hydrogen-bond acceptors (Lipinski definition) is 3. The Bertz CT molecular complexity index is 1450. The molecule has 5 rings (SSSR count). The molecule has 3 heterocycles. The Kier molecular flexibility index (Phi) is 6.89. The van der Waals surface area contributed by atoms with Gasteiger partial charge in [-0.15, -0.1) is 0 Å². The van der Waals surface area contributed by atoms with Gasteiger partial charge >= 0.3 is 0 Å². The van der Waals surface area contributed by atoms with Crippen molar-refractivity contribution in [1.82, 2.24) is 15.2 Å². The number of nitrogens with one attached hydrogen (secondary N) is 3. The number of H-pyrrole nitrogens is 1. The number of nitrogens with zero attached hydrogens (tertiary/aromatic N) is 1. The number of fused-ring (bicyclic) bond motifs is 1. The Labute approximate surface area is 221 Å². The fourth-order valence-corrected chi connectivity index (χ4v) is 5.23. The first-order valence-corrected chi connectivity index (χ1v) is 12.9. The quantitative estimate of drug-likeness (QED) is 0.399. The molecule has 0 aliphatic carbocycles. The van der Waals surface area contributed by atoms with Crippen molar-refractivity contribution in [3.63, 3.8) is 0 Å². The summed E-state index contributed by atoms with van der Waals surface area (Å²) in [5.41, 5.74) is 5.76. The van der Waals surface area contributed by atoms with E-state index in [1.807, 2.05) is 25.7 Å². The van der Waals surface area contributed by atoms with Gasteiger partial charge in [-0.2, -0.15) is 0 Å². The molecule has 0 spiro atoms. The normalized spacial score (nSPS) is 16.8. The molecule has 7 nitrogen and oxygen atoms in total. The minimum atomic E-state index is -0.335. The van der Waals surface area contributed by atoms with E-state index < -0.39 is 0 Å². The molecule has 2 aromatic carbocycles. The molecule has 0 saturated carbocycles. The van der Waals surface area contributed by atoms with E-state index in [0.717, 1.165) is 49.2 Å². The van der Waals surface area contributed by atoms with Crippen molar-refractivity contribution >= 4 is 35.1 Å². The molecule has 1 atom stereocenters. The van der Waals surface area contributed by atoms with Gasteiger partial charge in [0, 0.05) is 41.3 Å². The van der Waals surface area contributed by atoms with Crippen LogP contribution < -0.4 is 10.6 Å². The molecule has 2 aliphatic heterocycles. The summed E-state index contributed by atoms with van der Waals surface area (Å²) < 4.78 is 13.3. The Morgan fingerprint density at radius 1 is 1.05 bits per heavy atom. The molecule has 1 aromatic heterocycles. The molecule has 3 N–H and O–H groups in total. The Morgan fingerprint density at radius 2 is 1.76 bits per heavy atom.